The fraction of sp³-hybridized carbons (Fsp3) is 0.286. The molecule has 2 heterocycles. The van der Waals surface area contributed by atoms with Crippen molar-refractivity contribution in [2.45, 2.75) is 6.10 Å². The third-order valence-corrected chi connectivity index (χ3v) is 3.87. The highest BCUT2D eigenvalue weighted by molar-refractivity contribution is 9.10. The van der Waals surface area contributed by atoms with Crippen molar-refractivity contribution in [3.63, 3.8) is 0 Å². The van der Waals surface area contributed by atoms with Crippen molar-refractivity contribution in [2.75, 3.05) is 19.8 Å². The molecule has 0 bridgehead atoms. The Morgan fingerprint density at radius 2 is 2.14 bits per heavy atom. The number of rotatable bonds is 2. The average Bonchev–Trinajstić information content (AvgIpc) is 2.49. The second kappa shape index (κ2) is 5.97. The summed E-state index contributed by atoms with van der Waals surface area (Å²) >= 11 is 3.36. The summed E-state index contributed by atoms with van der Waals surface area (Å²) < 4.78 is 11.4. The Bertz CT molecular complexity index is 710. The zero-order valence-corrected chi connectivity index (χ0v) is 12.6. The maximum atomic E-state index is 12.3. The lowest BCUT2D eigenvalue weighted by molar-refractivity contribution is -0.0937. The van der Waals surface area contributed by atoms with Crippen LogP contribution in [0.3, 0.4) is 0 Å². The molecule has 6 nitrogen and oxygen atoms in total. The number of benzene rings is 1. The van der Waals surface area contributed by atoms with Gasteiger partial charge in [0.25, 0.3) is 5.56 Å². The van der Waals surface area contributed by atoms with Gasteiger partial charge in [-0.15, -0.1) is 0 Å². The Labute approximate surface area is 128 Å². The lowest BCUT2D eigenvalue weighted by Gasteiger charge is -2.22. The van der Waals surface area contributed by atoms with Crippen LogP contribution in [0, 0.1) is 0 Å². The zero-order chi connectivity index (χ0) is 14.8. The van der Waals surface area contributed by atoms with Crippen molar-refractivity contribution in [3.05, 3.63) is 44.9 Å². The summed E-state index contributed by atoms with van der Waals surface area (Å²) in [5.74, 6) is -0.0529. The largest absolute Gasteiger partial charge is 0.493 e. The van der Waals surface area contributed by atoms with E-state index in [9.17, 15) is 9.90 Å². The minimum Gasteiger partial charge on any atom is -0.493 e. The van der Waals surface area contributed by atoms with Crippen molar-refractivity contribution < 1.29 is 14.6 Å². The Kier molecular flexibility index (Phi) is 4.05. The Morgan fingerprint density at radius 1 is 1.33 bits per heavy atom. The van der Waals surface area contributed by atoms with Gasteiger partial charge in [0.15, 0.2) is 0 Å². The summed E-state index contributed by atoms with van der Waals surface area (Å²) in [5.41, 5.74) is 0.289. The van der Waals surface area contributed by atoms with Crippen LogP contribution in [0.1, 0.15) is 11.9 Å². The minimum atomic E-state index is -0.467. The van der Waals surface area contributed by atoms with E-state index in [1.807, 2.05) is 6.07 Å². The van der Waals surface area contributed by atoms with Gasteiger partial charge in [-0.3, -0.25) is 4.79 Å². The zero-order valence-electron chi connectivity index (χ0n) is 11.0. The number of aromatic amines is 1. The first-order valence-electron chi connectivity index (χ1n) is 6.44. The lowest BCUT2D eigenvalue weighted by atomic mass is 10.1. The van der Waals surface area contributed by atoms with Gasteiger partial charge in [0.1, 0.15) is 17.5 Å². The number of H-pyrrole nitrogens is 1. The predicted octanol–water partition coefficient (Wildman–Crippen LogP) is 1.99. The molecule has 7 heteroatoms. The van der Waals surface area contributed by atoms with Crippen LogP contribution < -0.4 is 5.56 Å². The number of halogens is 1. The van der Waals surface area contributed by atoms with Gasteiger partial charge < -0.3 is 19.6 Å². The molecule has 1 aliphatic heterocycles. The second-order valence-electron chi connectivity index (χ2n) is 4.56. The summed E-state index contributed by atoms with van der Waals surface area (Å²) in [5, 5.41) is 10.1. The number of aromatic hydroxyl groups is 1. The monoisotopic (exact) mass is 352 g/mol. The summed E-state index contributed by atoms with van der Waals surface area (Å²) in [6.07, 6.45) is -0.467. The average molecular weight is 353 g/mol. The number of ether oxygens (including phenoxy) is 2. The quantitative estimate of drug-likeness (QED) is 0.863. The van der Waals surface area contributed by atoms with E-state index in [0.29, 0.717) is 29.9 Å². The van der Waals surface area contributed by atoms with E-state index >= 15 is 0 Å². The van der Waals surface area contributed by atoms with E-state index in [1.165, 1.54) is 0 Å². The highest BCUT2D eigenvalue weighted by atomic mass is 79.9. The van der Waals surface area contributed by atoms with Gasteiger partial charge in [0.05, 0.1) is 19.8 Å². The molecule has 110 valence electrons. The highest BCUT2D eigenvalue weighted by Crippen LogP contribution is 2.31. The van der Waals surface area contributed by atoms with Crippen molar-refractivity contribution in [1.82, 2.24) is 9.97 Å². The van der Waals surface area contributed by atoms with Crippen LogP contribution in [0.2, 0.25) is 0 Å². The Morgan fingerprint density at radius 3 is 2.81 bits per heavy atom. The fourth-order valence-electron chi connectivity index (χ4n) is 2.18. The van der Waals surface area contributed by atoms with Gasteiger partial charge in [0, 0.05) is 10.0 Å². The van der Waals surface area contributed by atoms with Crippen LogP contribution in [0.15, 0.2) is 33.5 Å². The smallest absolute Gasteiger partial charge is 0.262 e. The predicted molar refractivity (Wildman–Crippen MR) is 79.2 cm³/mol. The van der Waals surface area contributed by atoms with Crippen LogP contribution in [0.25, 0.3) is 11.1 Å². The van der Waals surface area contributed by atoms with E-state index in [1.54, 1.807) is 18.2 Å². The minimum absolute atomic E-state index is 0.128. The molecular weight excluding hydrogens is 340 g/mol. The molecular formula is C14H13BrN2O4. The van der Waals surface area contributed by atoms with E-state index in [4.69, 9.17) is 9.47 Å². The molecule has 1 fully saturated rings. The fourth-order valence-corrected chi connectivity index (χ4v) is 2.67. The molecule has 0 aliphatic carbocycles. The normalized spacial score (nSPS) is 18.6. The van der Waals surface area contributed by atoms with Gasteiger partial charge in [-0.1, -0.05) is 34.1 Å². The first kappa shape index (κ1) is 14.2. The first-order chi connectivity index (χ1) is 10.2. The summed E-state index contributed by atoms with van der Waals surface area (Å²) in [6.45, 7) is 1.25. The molecule has 1 aliphatic rings. The number of nitrogens with zero attached hydrogens (tertiary/aromatic N) is 1. The first-order valence-corrected chi connectivity index (χ1v) is 7.23. The molecule has 0 amide bonds. The molecule has 1 atom stereocenters. The molecule has 3 rings (SSSR count). The van der Waals surface area contributed by atoms with E-state index in [2.05, 4.69) is 25.9 Å². The molecule has 2 aromatic rings. The Hall–Kier alpha value is -1.70. The van der Waals surface area contributed by atoms with Crippen molar-refractivity contribution in [1.29, 1.82) is 0 Å². The summed E-state index contributed by atoms with van der Waals surface area (Å²) in [7, 11) is 0. The van der Waals surface area contributed by atoms with Gasteiger partial charge >= 0.3 is 0 Å². The molecule has 1 saturated heterocycles. The molecule has 0 saturated carbocycles. The Balaban J connectivity index is 2.05. The van der Waals surface area contributed by atoms with Crippen LogP contribution in [0.4, 0.5) is 0 Å². The molecule has 1 aromatic heterocycles. The van der Waals surface area contributed by atoms with Crippen LogP contribution in [0.5, 0.6) is 5.88 Å². The maximum Gasteiger partial charge on any atom is 0.262 e. The number of hydrogen-bond acceptors (Lipinski definition) is 5. The van der Waals surface area contributed by atoms with Crippen LogP contribution in [-0.4, -0.2) is 34.9 Å². The number of hydrogen-bond donors (Lipinski definition) is 2. The van der Waals surface area contributed by atoms with E-state index in [-0.39, 0.29) is 17.3 Å². The molecule has 21 heavy (non-hydrogen) atoms. The third kappa shape index (κ3) is 2.85. The molecule has 0 radical (unpaired) electrons. The third-order valence-electron chi connectivity index (χ3n) is 3.18. The standard InChI is InChI=1S/C14H13BrN2O4/c15-9-4-2-1-3-8(9)11-13(18)16-12(17-14(11)19)10-7-20-5-6-21-10/h1-4,10H,5-7H2,(H2,16,17,18,19). The van der Waals surface area contributed by atoms with Crippen LogP contribution >= 0.6 is 15.9 Å². The van der Waals surface area contributed by atoms with Crippen molar-refractivity contribution in [3.8, 4) is 17.0 Å². The van der Waals surface area contributed by atoms with Gasteiger partial charge in [0.2, 0.25) is 5.88 Å². The number of nitrogens with one attached hydrogen (secondary N) is 1. The van der Waals surface area contributed by atoms with Crippen molar-refractivity contribution in [2.24, 2.45) is 0 Å². The summed E-state index contributed by atoms with van der Waals surface area (Å²) in [6, 6.07) is 7.13. The topological polar surface area (TPSA) is 84.4 Å². The van der Waals surface area contributed by atoms with Crippen molar-refractivity contribution >= 4 is 15.9 Å². The second-order valence-corrected chi connectivity index (χ2v) is 5.42. The van der Waals surface area contributed by atoms with E-state index < -0.39 is 11.7 Å². The maximum absolute atomic E-state index is 12.3. The highest BCUT2D eigenvalue weighted by Gasteiger charge is 2.22. The lowest BCUT2D eigenvalue weighted by Crippen LogP contribution is -2.26. The van der Waals surface area contributed by atoms with Gasteiger partial charge in [-0.2, -0.15) is 4.98 Å². The van der Waals surface area contributed by atoms with Crippen LogP contribution in [-0.2, 0) is 9.47 Å². The molecule has 0 spiro atoms. The summed E-state index contributed by atoms with van der Waals surface area (Å²) in [4.78, 5) is 19.0. The SMILES string of the molecule is O=c1[nH]c(C2COCCO2)nc(O)c1-c1ccccc1Br. The molecule has 1 unspecified atom stereocenters. The molecule has 1 aromatic carbocycles. The van der Waals surface area contributed by atoms with Gasteiger partial charge in [-0.25, -0.2) is 0 Å². The van der Waals surface area contributed by atoms with Gasteiger partial charge in [-0.05, 0) is 6.07 Å². The molecule has 2 N–H and O–H groups in total. The number of aromatic nitrogens is 2. The van der Waals surface area contributed by atoms with E-state index in [0.717, 1.165) is 0 Å².